The fourth-order valence-corrected chi connectivity index (χ4v) is 3.39. The van der Waals surface area contributed by atoms with Gasteiger partial charge in [0.05, 0.1) is 6.04 Å². The molecule has 3 rings (SSSR count). The third-order valence-electron chi connectivity index (χ3n) is 3.78. The van der Waals surface area contributed by atoms with Gasteiger partial charge in [-0.3, -0.25) is 0 Å². The molecule has 1 unspecified atom stereocenters. The van der Waals surface area contributed by atoms with Crippen molar-refractivity contribution in [2.75, 3.05) is 5.32 Å². The number of rotatable bonds is 2. The fourth-order valence-electron chi connectivity index (χ4n) is 2.85. The van der Waals surface area contributed by atoms with E-state index in [2.05, 4.69) is 76.4 Å². The largest absolute Gasteiger partial charge is 0.378 e. The average Bonchev–Trinajstić information content (AvgIpc) is 2.62. The zero-order valence-corrected chi connectivity index (χ0v) is 13.1. The highest BCUT2D eigenvalue weighted by molar-refractivity contribution is 14.1. The summed E-state index contributed by atoms with van der Waals surface area (Å²) in [6.07, 6.45) is 5.06. The normalized spacial score (nSPS) is 18.5. The van der Waals surface area contributed by atoms with Crippen LogP contribution in [0.1, 0.15) is 36.4 Å². The van der Waals surface area contributed by atoms with Gasteiger partial charge in [0.25, 0.3) is 0 Å². The molecular formula is C17H18IN. The highest BCUT2D eigenvalue weighted by Crippen LogP contribution is 2.31. The molecule has 0 saturated carbocycles. The molecule has 0 aromatic heterocycles. The maximum atomic E-state index is 3.71. The van der Waals surface area contributed by atoms with E-state index < -0.39 is 0 Å². The minimum absolute atomic E-state index is 0.455. The highest BCUT2D eigenvalue weighted by Gasteiger charge is 2.17. The molecule has 0 radical (unpaired) electrons. The summed E-state index contributed by atoms with van der Waals surface area (Å²) in [6, 6.07) is 18.0. The minimum Gasteiger partial charge on any atom is -0.378 e. The first-order valence-corrected chi connectivity index (χ1v) is 8.01. The van der Waals surface area contributed by atoms with Crippen molar-refractivity contribution < 1.29 is 0 Å². The number of aryl methyl sites for hydroxylation is 1. The van der Waals surface area contributed by atoms with E-state index >= 15 is 0 Å². The van der Waals surface area contributed by atoms with Gasteiger partial charge in [-0.25, -0.2) is 0 Å². The summed E-state index contributed by atoms with van der Waals surface area (Å²) in [4.78, 5) is 0. The molecule has 0 aliphatic heterocycles. The Morgan fingerprint density at radius 3 is 2.79 bits per heavy atom. The number of benzene rings is 2. The second-order valence-corrected chi connectivity index (χ2v) is 6.40. The Kier molecular flexibility index (Phi) is 4.06. The number of halogens is 1. The molecule has 2 aromatic rings. The molecule has 2 heteroatoms. The van der Waals surface area contributed by atoms with E-state index in [1.54, 1.807) is 0 Å². The Labute approximate surface area is 128 Å². The topological polar surface area (TPSA) is 12.0 Å². The Hall–Kier alpha value is -1.03. The van der Waals surface area contributed by atoms with Crippen LogP contribution in [0.3, 0.4) is 0 Å². The van der Waals surface area contributed by atoms with E-state index in [9.17, 15) is 0 Å². The standard InChI is InChI=1S/C17H18IN/c18-14-8-5-9-15(12-14)19-17-11-4-2-7-13-6-1-3-10-16(13)17/h1,3,5-6,8-10,12,17,19H,2,4,7,11H2. The van der Waals surface area contributed by atoms with Gasteiger partial charge in [-0.1, -0.05) is 36.8 Å². The summed E-state index contributed by atoms with van der Waals surface area (Å²) in [5.74, 6) is 0. The molecular weight excluding hydrogens is 345 g/mol. The predicted molar refractivity (Wildman–Crippen MR) is 89.5 cm³/mol. The molecule has 0 fully saturated rings. The lowest BCUT2D eigenvalue weighted by atomic mass is 9.99. The van der Waals surface area contributed by atoms with Gasteiger partial charge in [-0.2, -0.15) is 0 Å². The molecule has 1 aliphatic rings. The first-order valence-electron chi connectivity index (χ1n) is 6.93. The van der Waals surface area contributed by atoms with Gasteiger partial charge in [0.1, 0.15) is 0 Å². The number of fused-ring (bicyclic) bond motifs is 1. The molecule has 1 aliphatic carbocycles. The van der Waals surface area contributed by atoms with Crippen molar-refractivity contribution in [3.8, 4) is 0 Å². The molecule has 0 bridgehead atoms. The highest BCUT2D eigenvalue weighted by atomic mass is 127. The van der Waals surface area contributed by atoms with Crippen LogP contribution in [0.4, 0.5) is 5.69 Å². The Bertz CT molecular complexity index is 565. The van der Waals surface area contributed by atoms with E-state index in [0.717, 1.165) is 0 Å². The molecule has 1 atom stereocenters. The van der Waals surface area contributed by atoms with Crippen molar-refractivity contribution in [2.45, 2.75) is 31.7 Å². The van der Waals surface area contributed by atoms with Crippen LogP contribution in [0.25, 0.3) is 0 Å². The second-order valence-electron chi connectivity index (χ2n) is 5.15. The summed E-state index contributed by atoms with van der Waals surface area (Å²) in [5, 5.41) is 3.71. The van der Waals surface area contributed by atoms with Crippen molar-refractivity contribution in [1.29, 1.82) is 0 Å². The van der Waals surface area contributed by atoms with Gasteiger partial charge < -0.3 is 5.32 Å². The molecule has 98 valence electrons. The van der Waals surface area contributed by atoms with Crippen LogP contribution >= 0.6 is 22.6 Å². The maximum absolute atomic E-state index is 3.71. The molecule has 1 N–H and O–H groups in total. The summed E-state index contributed by atoms with van der Waals surface area (Å²) in [6.45, 7) is 0. The van der Waals surface area contributed by atoms with E-state index in [-0.39, 0.29) is 0 Å². The monoisotopic (exact) mass is 363 g/mol. The third-order valence-corrected chi connectivity index (χ3v) is 4.46. The number of hydrogen-bond acceptors (Lipinski definition) is 1. The van der Waals surface area contributed by atoms with Crippen LogP contribution in [-0.2, 0) is 6.42 Å². The van der Waals surface area contributed by atoms with Crippen LogP contribution in [0.2, 0.25) is 0 Å². The molecule has 0 spiro atoms. The number of anilines is 1. The number of nitrogens with one attached hydrogen (secondary N) is 1. The van der Waals surface area contributed by atoms with Crippen molar-refractivity contribution in [3.05, 3.63) is 63.2 Å². The van der Waals surface area contributed by atoms with Crippen LogP contribution in [0.5, 0.6) is 0 Å². The average molecular weight is 363 g/mol. The van der Waals surface area contributed by atoms with Gasteiger partial charge in [-0.15, -0.1) is 0 Å². The first-order chi connectivity index (χ1) is 9.33. The van der Waals surface area contributed by atoms with Crippen LogP contribution in [-0.4, -0.2) is 0 Å². The SMILES string of the molecule is Ic1cccc(NC2CCCCc3ccccc32)c1. The van der Waals surface area contributed by atoms with Gasteiger partial charge in [-0.05, 0) is 71.2 Å². The Balaban J connectivity index is 1.88. The summed E-state index contributed by atoms with van der Waals surface area (Å²) >= 11 is 2.37. The molecule has 19 heavy (non-hydrogen) atoms. The van der Waals surface area contributed by atoms with E-state index in [4.69, 9.17) is 0 Å². The first kappa shape index (κ1) is 13.0. The molecule has 0 heterocycles. The van der Waals surface area contributed by atoms with Crippen LogP contribution in [0, 0.1) is 3.57 Å². The quantitative estimate of drug-likeness (QED) is 0.573. The molecule has 0 saturated heterocycles. The summed E-state index contributed by atoms with van der Waals surface area (Å²) in [5.41, 5.74) is 4.23. The van der Waals surface area contributed by atoms with E-state index in [0.29, 0.717) is 6.04 Å². The molecule has 0 amide bonds. The van der Waals surface area contributed by atoms with Gasteiger partial charge >= 0.3 is 0 Å². The van der Waals surface area contributed by atoms with Gasteiger partial charge in [0, 0.05) is 9.26 Å². The summed E-state index contributed by atoms with van der Waals surface area (Å²) < 4.78 is 1.28. The lowest BCUT2D eigenvalue weighted by Gasteiger charge is -2.20. The van der Waals surface area contributed by atoms with Crippen LogP contribution < -0.4 is 5.32 Å². The van der Waals surface area contributed by atoms with E-state index in [1.165, 1.54) is 46.1 Å². The lowest BCUT2D eigenvalue weighted by Crippen LogP contribution is -2.11. The lowest BCUT2D eigenvalue weighted by molar-refractivity contribution is 0.644. The Morgan fingerprint density at radius 1 is 1.00 bits per heavy atom. The van der Waals surface area contributed by atoms with E-state index in [1.807, 2.05) is 0 Å². The zero-order valence-electron chi connectivity index (χ0n) is 10.9. The molecule has 2 aromatic carbocycles. The number of hydrogen-bond donors (Lipinski definition) is 1. The Morgan fingerprint density at radius 2 is 1.89 bits per heavy atom. The maximum Gasteiger partial charge on any atom is 0.0516 e. The third kappa shape index (κ3) is 3.11. The second kappa shape index (κ2) is 5.95. The van der Waals surface area contributed by atoms with Crippen molar-refractivity contribution >= 4 is 28.3 Å². The molecule has 1 nitrogen and oxygen atoms in total. The van der Waals surface area contributed by atoms with Crippen LogP contribution in [0.15, 0.2) is 48.5 Å². The van der Waals surface area contributed by atoms with Crippen molar-refractivity contribution in [2.24, 2.45) is 0 Å². The minimum atomic E-state index is 0.455. The zero-order chi connectivity index (χ0) is 13.1. The van der Waals surface area contributed by atoms with Gasteiger partial charge in [0.15, 0.2) is 0 Å². The van der Waals surface area contributed by atoms with Crippen molar-refractivity contribution in [3.63, 3.8) is 0 Å². The smallest absolute Gasteiger partial charge is 0.0516 e. The van der Waals surface area contributed by atoms with Gasteiger partial charge in [0.2, 0.25) is 0 Å². The van der Waals surface area contributed by atoms with Crippen molar-refractivity contribution in [1.82, 2.24) is 0 Å². The summed E-state index contributed by atoms with van der Waals surface area (Å²) in [7, 11) is 0. The predicted octanol–water partition coefficient (Wildman–Crippen LogP) is 5.17. The fraction of sp³-hybridized carbons (Fsp3) is 0.294.